The van der Waals surface area contributed by atoms with E-state index in [1.54, 1.807) is 104 Å². The number of alkyl halides is 27. The predicted octanol–water partition coefficient (Wildman–Crippen LogP) is 43.0. The van der Waals surface area contributed by atoms with Gasteiger partial charge in [-0.15, -0.1) is 0 Å². The van der Waals surface area contributed by atoms with Gasteiger partial charge >= 0.3 is 55.6 Å². The van der Waals surface area contributed by atoms with Crippen molar-refractivity contribution < 1.29 is 119 Å². The van der Waals surface area contributed by atoms with Crippen molar-refractivity contribution in [3.05, 3.63) is 0 Å². The molecule has 7 atom stereocenters. The summed E-state index contributed by atoms with van der Waals surface area (Å²) in [5.74, 6) is -3.13. The molecule has 0 aliphatic carbocycles. The number of hydrogen-bond donors (Lipinski definition) is 0. The first kappa shape index (κ1) is 145. The lowest BCUT2D eigenvalue weighted by Gasteiger charge is -2.49. The SMILES string of the molecule is CC(C)C(C(C)C)C(C)(C(C)C)C(F)(F)F.CC(C)C(C)(C(C)C)C(F)(F)F.CCC(C)(C(C(C)C)C(C)C)C(F)(F)F.CCC(C)(CC)C(C)(C(C)C)C(F)(F)F.CCC(CC)C(C)(C(C)C)C(F)(F)F.CCCC(C)(C(C(C)C)C(C)C)C(F)(F)F.CCCC(C)(C(CC)CC)C(F)(F)F.CCCC(C)(C(F)(F)F)C(C)(CC)CC.CCCC(C)(CCC)C(F)(F)F. The lowest BCUT2D eigenvalue weighted by atomic mass is 9.57. The van der Waals surface area contributed by atoms with Crippen LogP contribution in [0.15, 0.2) is 0 Å². The second-order valence-corrected chi connectivity index (χ2v) is 43.2. The van der Waals surface area contributed by atoms with E-state index in [4.69, 9.17) is 0 Å². The molecular weight excluding hydrogens is 1740 g/mol. The third-order valence-corrected chi connectivity index (χ3v) is 32.2. The van der Waals surface area contributed by atoms with E-state index in [1.165, 1.54) is 62.3 Å². The minimum absolute atomic E-state index is 0.0361. The summed E-state index contributed by atoms with van der Waals surface area (Å²) in [6.45, 7) is 80.2. The Morgan fingerprint density at radius 2 is 0.411 bits per heavy atom. The highest BCUT2D eigenvalue weighted by Crippen LogP contribution is 2.62. The van der Waals surface area contributed by atoms with Crippen LogP contribution in [0.2, 0.25) is 0 Å². The van der Waals surface area contributed by atoms with E-state index in [9.17, 15) is 119 Å². The molecular formula is C102H195F27. The van der Waals surface area contributed by atoms with Gasteiger partial charge in [0.2, 0.25) is 0 Å². The van der Waals surface area contributed by atoms with Crippen LogP contribution < -0.4 is 0 Å². The summed E-state index contributed by atoms with van der Waals surface area (Å²) >= 11 is 0. The molecule has 0 aromatic heterocycles. The lowest BCUT2D eigenvalue weighted by Crippen LogP contribution is -2.51. The van der Waals surface area contributed by atoms with Crippen molar-refractivity contribution in [2.45, 2.75) is 503 Å². The van der Waals surface area contributed by atoms with Crippen molar-refractivity contribution in [1.29, 1.82) is 0 Å². The quantitative estimate of drug-likeness (QED) is 0.0544. The Kier molecular flexibility index (Phi) is 64.7. The minimum Gasteiger partial charge on any atom is -0.171 e. The van der Waals surface area contributed by atoms with E-state index < -0.39 is 127 Å². The Hall–Kier alpha value is -1.89. The molecule has 7 unspecified atom stereocenters. The Bertz CT molecular complexity index is 2750. The molecule has 0 saturated heterocycles. The zero-order valence-electron chi connectivity index (χ0n) is 89.9. The maximum Gasteiger partial charge on any atom is 0.395 e. The highest BCUT2D eigenvalue weighted by molar-refractivity contribution is 5.01. The second-order valence-electron chi connectivity index (χ2n) is 43.2. The predicted molar refractivity (Wildman–Crippen MR) is 491 cm³/mol. The molecule has 0 aromatic rings. The molecule has 0 N–H and O–H groups in total. The van der Waals surface area contributed by atoms with Crippen molar-refractivity contribution in [3.63, 3.8) is 0 Å². The van der Waals surface area contributed by atoms with Gasteiger partial charge in [0, 0.05) is 0 Å². The largest absolute Gasteiger partial charge is 0.395 e. The Morgan fingerprint density at radius 1 is 0.178 bits per heavy atom. The molecule has 0 aliphatic rings. The van der Waals surface area contributed by atoms with Gasteiger partial charge < -0.3 is 0 Å². The van der Waals surface area contributed by atoms with Gasteiger partial charge in [-0.25, -0.2) is 0 Å². The Balaban J connectivity index is -0.000000180. The van der Waals surface area contributed by atoms with Crippen molar-refractivity contribution in [2.24, 2.45) is 154 Å². The first-order valence-corrected chi connectivity index (χ1v) is 48.5. The molecule has 0 saturated carbocycles. The molecule has 0 spiro atoms. The zero-order valence-corrected chi connectivity index (χ0v) is 89.9. The van der Waals surface area contributed by atoms with Crippen molar-refractivity contribution in [1.82, 2.24) is 0 Å². The molecule has 0 nitrogen and oxygen atoms in total. The third-order valence-electron chi connectivity index (χ3n) is 32.2. The summed E-state index contributed by atoms with van der Waals surface area (Å²) in [5.41, 5.74) is -15.3. The summed E-state index contributed by atoms with van der Waals surface area (Å²) in [4.78, 5) is 0. The smallest absolute Gasteiger partial charge is 0.171 e. The molecule has 0 bridgehead atoms. The maximum absolute atomic E-state index is 13.3. The van der Waals surface area contributed by atoms with E-state index in [0.29, 0.717) is 83.5 Å². The van der Waals surface area contributed by atoms with E-state index in [1.807, 2.05) is 159 Å². The van der Waals surface area contributed by atoms with Crippen LogP contribution in [0.3, 0.4) is 0 Å². The molecule has 0 aromatic carbocycles. The van der Waals surface area contributed by atoms with Crippen molar-refractivity contribution in [3.8, 4) is 0 Å². The highest BCUT2D eigenvalue weighted by Gasteiger charge is 2.65. The van der Waals surface area contributed by atoms with E-state index in [0.717, 1.165) is 0 Å². The first-order chi connectivity index (χ1) is 56.9. The highest BCUT2D eigenvalue weighted by atomic mass is 19.4. The molecule has 0 fully saturated rings. The van der Waals surface area contributed by atoms with Crippen LogP contribution in [0.1, 0.15) is 447 Å². The van der Waals surface area contributed by atoms with Crippen LogP contribution in [-0.4, -0.2) is 55.6 Å². The molecule has 0 aliphatic heterocycles. The molecule has 0 rings (SSSR count). The monoisotopic (exact) mass is 1930 g/mol. The summed E-state index contributed by atoms with van der Waals surface area (Å²) in [5, 5.41) is 0. The van der Waals surface area contributed by atoms with Gasteiger partial charge in [-0.2, -0.15) is 119 Å². The van der Waals surface area contributed by atoms with Gasteiger partial charge in [-0.1, -0.05) is 383 Å². The first-order valence-electron chi connectivity index (χ1n) is 48.5. The van der Waals surface area contributed by atoms with Gasteiger partial charge in [-0.3, -0.25) is 0 Å². The Morgan fingerprint density at radius 3 is 0.527 bits per heavy atom. The van der Waals surface area contributed by atoms with Crippen LogP contribution >= 0.6 is 0 Å². The molecule has 0 amide bonds. The standard InChI is InChI=1S/2C13H25F3.3C12H23F3.2C11H21F3.2C9H17F3/c1-8(2)11(9(3)4)12(7,10(5)6)13(14,15)16;1-7-8-12(6,13(14,15)16)11(9(2)3)10(4)5;1-7-10(5,8-2)11(6,9(3)4)12(13,14)15;1-7-11(6,12(13,14)15)10(8(2)3)9(4)5;1-6-9-11(5,12(13,14)15)10(4,7-2)8-3;1-6-9(7-2)10(5,8(3)4)11(12,13)14;1-5-8-10(4,11(12,13)14)9(6-2)7-3;1-6(2)8(5,7(3)4)9(10,11)12;1-4-6-8(3,7-5-2)9(10,11)12/h8-11H,1-7H3;9-11H,7-8H2,1-6H3;9H,7-8H2,1-6H3;8-10H,7H2,1-6H3;6-9H2,1-5H3;8-9H,6-7H2,1-5H3;9H,5-8H2,1-4H3;6-7H,1-5H3;4-7H2,1-3H3. The van der Waals surface area contributed by atoms with Crippen LogP contribution in [0.5, 0.6) is 0 Å². The number of rotatable bonds is 37. The number of hydrogen-bond acceptors (Lipinski definition) is 0. The van der Waals surface area contributed by atoms with E-state index in [2.05, 4.69) is 0 Å². The second kappa shape index (κ2) is 57.6. The normalized spacial score (nSPS) is 16.9. The van der Waals surface area contributed by atoms with Crippen LogP contribution in [0.25, 0.3) is 0 Å². The average Bonchev–Trinajstić information content (AvgIpc) is 0.745. The van der Waals surface area contributed by atoms with Crippen molar-refractivity contribution in [2.75, 3.05) is 0 Å². The van der Waals surface area contributed by atoms with Crippen LogP contribution in [-0.2, 0) is 0 Å². The molecule has 792 valence electrons. The summed E-state index contributed by atoms with van der Waals surface area (Å²) in [7, 11) is 0. The topological polar surface area (TPSA) is 0 Å². The third kappa shape index (κ3) is 38.7. The summed E-state index contributed by atoms with van der Waals surface area (Å²) in [6.07, 6.45) is -28.1. The van der Waals surface area contributed by atoms with Gasteiger partial charge in [-0.05, 0) is 170 Å². The van der Waals surface area contributed by atoms with Gasteiger partial charge in [0.1, 0.15) is 0 Å². The lowest BCUT2D eigenvalue weighted by molar-refractivity contribution is -0.275. The van der Waals surface area contributed by atoms with Crippen LogP contribution in [0.4, 0.5) is 119 Å². The molecule has 0 radical (unpaired) electrons. The zero-order chi connectivity index (χ0) is 107. The summed E-state index contributed by atoms with van der Waals surface area (Å²) < 4.78 is 351. The van der Waals surface area contributed by atoms with E-state index in [-0.39, 0.29) is 121 Å². The van der Waals surface area contributed by atoms with Gasteiger partial charge in [0.15, 0.2) is 0 Å². The van der Waals surface area contributed by atoms with Gasteiger partial charge in [0.05, 0.1) is 48.7 Å². The van der Waals surface area contributed by atoms with Crippen molar-refractivity contribution >= 4 is 0 Å². The molecule has 0 heterocycles. The number of halogens is 27. The molecule has 27 heteroatoms. The van der Waals surface area contributed by atoms with E-state index >= 15 is 0 Å². The maximum atomic E-state index is 13.3. The van der Waals surface area contributed by atoms with Gasteiger partial charge in [0.25, 0.3) is 0 Å². The fourth-order valence-electron chi connectivity index (χ4n) is 21.1. The molecule has 129 heavy (non-hydrogen) atoms. The average molecular weight is 1930 g/mol. The fourth-order valence-corrected chi connectivity index (χ4v) is 21.1. The van der Waals surface area contributed by atoms with Crippen LogP contribution in [0, 0.1) is 154 Å². The fraction of sp³-hybridized carbons (Fsp3) is 1.00. The Labute approximate surface area is 772 Å². The summed E-state index contributed by atoms with van der Waals surface area (Å²) in [6, 6.07) is 0. The minimum atomic E-state index is -4.14.